The fourth-order valence-electron chi connectivity index (χ4n) is 1.83. The van der Waals surface area contributed by atoms with Crippen molar-refractivity contribution >= 4 is 5.69 Å². The summed E-state index contributed by atoms with van der Waals surface area (Å²) in [6.07, 6.45) is 0.601. The lowest BCUT2D eigenvalue weighted by Crippen LogP contribution is -2.07. The van der Waals surface area contributed by atoms with Crippen LogP contribution in [-0.2, 0) is 6.42 Å². The molecule has 0 aliphatic heterocycles. The van der Waals surface area contributed by atoms with Crippen LogP contribution in [0.25, 0.3) is 0 Å². The zero-order chi connectivity index (χ0) is 12.3. The number of rotatable bonds is 3. The Morgan fingerprint density at radius 1 is 1.12 bits per heavy atom. The molecule has 3 heteroatoms. The Labute approximate surface area is 100 Å². The molecule has 0 aliphatic carbocycles. The summed E-state index contributed by atoms with van der Waals surface area (Å²) in [4.78, 5) is 0. The SMILES string of the molecule is Cc1cc(NN)ccc1Cc1ccccc1F. The molecule has 0 saturated heterocycles. The zero-order valence-electron chi connectivity index (χ0n) is 9.70. The third kappa shape index (κ3) is 2.63. The van der Waals surface area contributed by atoms with E-state index >= 15 is 0 Å². The van der Waals surface area contributed by atoms with Crippen LogP contribution in [0, 0.1) is 12.7 Å². The van der Waals surface area contributed by atoms with Crippen molar-refractivity contribution in [2.24, 2.45) is 5.84 Å². The molecule has 0 aliphatic rings. The van der Waals surface area contributed by atoms with E-state index in [1.54, 1.807) is 6.07 Å². The molecular formula is C14H15FN2. The molecule has 0 aromatic heterocycles. The number of aryl methyl sites for hydroxylation is 1. The molecule has 88 valence electrons. The summed E-state index contributed by atoms with van der Waals surface area (Å²) in [6, 6.07) is 12.7. The number of anilines is 1. The van der Waals surface area contributed by atoms with E-state index in [1.807, 2.05) is 37.3 Å². The molecule has 0 bridgehead atoms. The highest BCUT2D eigenvalue weighted by molar-refractivity contribution is 5.48. The summed E-state index contributed by atoms with van der Waals surface area (Å²) in [7, 11) is 0. The molecule has 17 heavy (non-hydrogen) atoms. The number of hydrogen-bond donors (Lipinski definition) is 2. The smallest absolute Gasteiger partial charge is 0.126 e. The van der Waals surface area contributed by atoms with Gasteiger partial charge in [-0.25, -0.2) is 4.39 Å². The van der Waals surface area contributed by atoms with E-state index in [9.17, 15) is 4.39 Å². The van der Waals surface area contributed by atoms with Crippen LogP contribution < -0.4 is 11.3 Å². The van der Waals surface area contributed by atoms with Crippen LogP contribution in [0.5, 0.6) is 0 Å². The van der Waals surface area contributed by atoms with Crippen molar-refractivity contribution in [1.29, 1.82) is 0 Å². The topological polar surface area (TPSA) is 38.0 Å². The third-order valence-corrected chi connectivity index (χ3v) is 2.85. The van der Waals surface area contributed by atoms with E-state index in [1.165, 1.54) is 6.07 Å². The first kappa shape index (κ1) is 11.6. The third-order valence-electron chi connectivity index (χ3n) is 2.85. The minimum atomic E-state index is -0.159. The highest BCUT2D eigenvalue weighted by Gasteiger charge is 2.05. The second kappa shape index (κ2) is 4.97. The van der Waals surface area contributed by atoms with Gasteiger partial charge in [0.15, 0.2) is 0 Å². The molecule has 0 saturated carbocycles. The fraction of sp³-hybridized carbons (Fsp3) is 0.143. The predicted molar refractivity (Wildman–Crippen MR) is 68.2 cm³/mol. The number of nitrogens with one attached hydrogen (secondary N) is 1. The molecule has 0 radical (unpaired) electrons. The maximum atomic E-state index is 13.5. The van der Waals surface area contributed by atoms with Crippen molar-refractivity contribution in [2.45, 2.75) is 13.3 Å². The number of halogens is 1. The number of nitrogen functional groups attached to an aromatic ring is 1. The van der Waals surface area contributed by atoms with Gasteiger partial charge in [0.25, 0.3) is 0 Å². The van der Waals surface area contributed by atoms with Crippen molar-refractivity contribution < 1.29 is 4.39 Å². The van der Waals surface area contributed by atoms with Crippen LogP contribution in [0.2, 0.25) is 0 Å². The first-order valence-corrected chi connectivity index (χ1v) is 5.50. The van der Waals surface area contributed by atoms with Gasteiger partial charge in [-0.1, -0.05) is 24.3 Å². The Morgan fingerprint density at radius 3 is 2.53 bits per heavy atom. The summed E-state index contributed by atoms with van der Waals surface area (Å²) < 4.78 is 13.5. The molecule has 3 N–H and O–H groups in total. The normalized spacial score (nSPS) is 10.3. The first-order valence-electron chi connectivity index (χ1n) is 5.50. The molecule has 2 aromatic carbocycles. The lowest BCUT2D eigenvalue weighted by Gasteiger charge is -2.09. The molecule has 0 fully saturated rings. The van der Waals surface area contributed by atoms with E-state index in [-0.39, 0.29) is 5.82 Å². The average Bonchev–Trinajstić information content (AvgIpc) is 2.34. The summed E-state index contributed by atoms with van der Waals surface area (Å²) in [5.41, 5.74) is 6.38. The molecule has 2 nitrogen and oxygen atoms in total. The van der Waals surface area contributed by atoms with Gasteiger partial charge in [-0.15, -0.1) is 0 Å². The van der Waals surface area contributed by atoms with Gasteiger partial charge >= 0.3 is 0 Å². The van der Waals surface area contributed by atoms with Crippen molar-refractivity contribution in [2.75, 3.05) is 5.43 Å². The van der Waals surface area contributed by atoms with Gasteiger partial charge < -0.3 is 5.43 Å². The van der Waals surface area contributed by atoms with E-state index < -0.39 is 0 Å². The second-order valence-electron chi connectivity index (χ2n) is 4.05. The molecule has 2 rings (SSSR count). The van der Waals surface area contributed by atoms with Crippen molar-refractivity contribution in [3.8, 4) is 0 Å². The standard InChI is InChI=1S/C14H15FN2/c1-10-8-13(17-16)7-6-11(10)9-12-4-2-3-5-14(12)15/h2-8,17H,9,16H2,1H3. The van der Waals surface area contributed by atoms with E-state index in [0.29, 0.717) is 12.0 Å². The number of nitrogens with two attached hydrogens (primary N) is 1. The Bertz CT molecular complexity index is 523. The lowest BCUT2D eigenvalue weighted by atomic mass is 10.00. The van der Waals surface area contributed by atoms with Gasteiger partial charge in [0, 0.05) is 12.1 Å². The quantitative estimate of drug-likeness (QED) is 0.628. The molecule has 0 spiro atoms. The molecule has 0 atom stereocenters. The maximum absolute atomic E-state index is 13.5. The van der Waals surface area contributed by atoms with Crippen LogP contribution >= 0.6 is 0 Å². The summed E-state index contributed by atoms with van der Waals surface area (Å²) in [5.74, 6) is 5.18. The highest BCUT2D eigenvalue weighted by Crippen LogP contribution is 2.19. The highest BCUT2D eigenvalue weighted by atomic mass is 19.1. The molecule has 2 aromatic rings. The Hall–Kier alpha value is -1.87. The maximum Gasteiger partial charge on any atom is 0.126 e. The lowest BCUT2D eigenvalue weighted by molar-refractivity contribution is 0.614. The fourth-order valence-corrected chi connectivity index (χ4v) is 1.83. The molecule has 0 heterocycles. The van der Waals surface area contributed by atoms with Crippen LogP contribution in [0.4, 0.5) is 10.1 Å². The minimum Gasteiger partial charge on any atom is -0.324 e. The van der Waals surface area contributed by atoms with Crippen LogP contribution in [0.3, 0.4) is 0 Å². The second-order valence-corrected chi connectivity index (χ2v) is 4.05. The van der Waals surface area contributed by atoms with Crippen LogP contribution in [0.15, 0.2) is 42.5 Å². The first-order chi connectivity index (χ1) is 8.20. The van der Waals surface area contributed by atoms with Crippen molar-refractivity contribution in [3.63, 3.8) is 0 Å². The molecule has 0 amide bonds. The average molecular weight is 230 g/mol. The van der Waals surface area contributed by atoms with Gasteiger partial charge in [-0.2, -0.15) is 0 Å². The van der Waals surface area contributed by atoms with Crippen LogP contribution in [0.1, 0.15) is 16.7 Å². The Balaban J connectivity index is 2.28. The van der Waals surface area contributed by atoms with Crippen molar-refractivity contribution in [3.05, 3.63) is 65.0 Å². The van der Waals surface area contributed by atoms with Gasteiger partial charge in [0.05, 0.1) is 0 Å². The predicted octanol–water partition coefficient (Wildman–Crippen LogP) is 3.01. The summed E-state index contributed by atoms with van der Waals surface area (Å²) >= 11 is 0. The molecule has 0 unspecified atom stereocenters. The number of benzene rings is 2. The van der Waals surface area contributed by atoms with E-state index in [2.05, 4.69) is 5.43 Å². The molecular weight excluding hydrogens is 215 g/mol. The Kier molecular flexibility index (Phi) is 3.40. The summed E-state index contributed by atoms with van der Waals surface area (Å²) in [6.45, 7) is 2.00. The van der Waals surface area contributed by atoms with Crippen LogP contribution in [-0.4, -0.2) is 0 Å². The number of hydrogen-bond acceptors (Lipinski definition) is 2. The van der Waals surface area contributed by atoms with Gasteiger partial charge in [0.2, 0.25) is 0 Å². The van der Waals surface area contributed by atoms with Gasteiger partial charge in [-0.3, -0.25) is 5.84 Å². The van der Waals surface area contributed by atoms with Crippen molar-refractivity contribution in [1.82, 2.24) is 0 Å². The largest absolute Gasteiger partial charge is 0.324 e. The van der Waals surface area contributed by atoms with E-state index in [4.69, 9.17) is 5.84 Å². The Morgan fingerprint density at radius 2 is 1.88 bits per heavy atom. The van der Waals surface area contributed by atoms with E-state index in [0.717, 1.165) is 16.8 Å². The van der Waals surface area contributed by atoms with Gasteiger partial charge in [0.1, 0.15) is 5.82 Å². The zero-order valence-corrected chi connectivity index (χ0v) is 9.70. The minimum absolute atomic E-state index is 0.159. The number of hydrazine groups is 1. The summed E-state index contributed by atoms with van der Waals surface area (Å²) in [5, 5.41) is 0. The monoisotopic (exact) mass is 230 g/mol. The van der Waals surface area contributed by atoms with Gasteiger partial charge in [-0.05, 0) is 41.8 Å².